The molecule has 4 aromatic rings. The summed E-state index contributed by atoms with van der Waals surface area (Å²) in [4.78, 5) is 92.1. The molecule has 0 aliphatic carbocycles. The van der Waals surface area contributed by atoms with Gasteiger partial charge in [0.2, 0.25) is 0 Å². The van der Waals surface area contributed by atoms with Crippen molar-refractivity contribution < 1.29 is 100 Å². The molecule has 0 unspecified atom stereocenters. The third-order valence-corrected chi connectivity index (χ3v) is 14.5. The Balaban J connectivity index is 0.000000341. The maximum atomic E-state index is 13.7. The molecule has 0 radical (unpaired) electrons. The van der Waals surface area contributed by atoms with Crippen LogP contribution in [-0.4, -0.2) is 200 Å². The van der Waals surface area contributed by atoms with Crippen molar-refractivity contribution in [3.05, 3.63) is 115 Å². The number of imide groups is 2. The molecule has 0 saturated heterocycles. The number of amides is 4. The second kappa shape index (κ2) is 41.4. The molecule has 4 amide bonds. The minimum absolute atomic E-state index is 0.00263. The fourth-order valence-corrected chi connectivity index (χ4v) is 9.75. The quantitative estimate of drug-likeness (QED) is 0.0108. The van der Waals surface area contributed by atoms with Crippen LogP contribution >= 0.6 is 0 Å². The van der Waals surface area contributed by atoms with E-state index in [9.17, 15) is 38.9 Å². The number of benzene rings is 4. The van der Waals surface area contributed by atoms with E-state index in [-0.39, 0.29) is 116 Å². The lowest BCUT2D eigenvalue weighted by molar-refractivity contribution is -0.385. The van der Waals surface area contributed by atoms with E-state index in [1.165, 1.54) is 23.1 Å². The molecule has 2 aliphatic heterocycles. The molecule has 518 valence electrons. The number of para-hydroxylation sites is 2. The van der Waals surface area contributed by atoms with Gasteiger partial charge >= 0.3 is 17.6 Å². The molecule has 2 heterocycles. The largest absolute Gasteiger partial charge is 0.488 e. The first-order valence-corrected chi connectivity index (χ1v) is 31.7. The van der Waals surface area contributed by atoms with E-state index in [0.29, 0.717) is 117 Å². The van der Waals surface area contributed by atoms with Crippen LogP contribution in [0.5, 0.6) is 11.5 Å². The van der Waals surface area contributed by atoms with Crippen LogP contribution in [-0.2, 0) is 66.4 Å². The number of carbonyl (C=O) groups excluding carboxylic acids is 6. The molecule has 0 saturated carbocycles. The number of ether oxygens (including phenoxy) is 14. The van der Waals surface area contributed by atoms with Gasteiger partial charge in [-0.15, -0.1) is 0 Å². The van der Waals surface area contributed by atoms with Gasteiger partial charge in [0.15, 0.2) is 5.75 Å². The maximum absolute atomic E-state index is 13.7. The highest BCUT2D eigenvalue weighted by Crippen LogP contribution is 2.44. The minimum atomic E-state index is -0.682. The van der Waals surface area contributed by atoms with Crippen molar-refractivity contribution in [2.24, 2.45) is 0 Å². The SMILES string of the molecule is COCCOCCOCCOCCOCCC(=O)OCCOc1cc2c(cc1N)C(=O)N(c1c(C(C)C)cccc1C(C)C)C2=O.COCCOCCOCCOCCOCCC(=O)OCCOc1cc2c(cc1[N+](=O)[O-])C(=O)N(c1c(C(C)C)cccc1C(C)C)C2=O. The molecule has 26 nitrogen and oxygen atoms in total. The molecular formula is C68H94N4O22. The maximum Gasteiger partial charge on any atom is 0.311 e. The molecule has 6 rings (SSSR count). The minimum Gasteiger partial charge on any atom is -0.488 e. The van der Waals surface area contributed by atoms with E-state index in [2.05, 4.69) is 0 Å². The molecular weight excluding hydrogens is 1220 g/mol. The van der Waals surface area contributed by atoms with Gasteiger partial charge in [-0.25, -0.2) is 9.80 Å². The van der Waals surface area contributed by atoms with Gasteiger partial charge in [-0.05, 0) is 58.1 Å². The normalized spacial score (nSPS) is 12.7. The molecule has 2 aliphatic rings. The second-order valence-corrected chi connectivity index (χ2v) is 22.7. The van der Waals surface area contributed by atoms with Gasteiger partial charge in [0.05, 0.1) is 176 Å². The van der Waals surface area contributed by atoms with Crippen LogP contribution in [0.2, 0.25) is 0 Å². The van der Waals surface area contributed by atoms with Gasteiger partial charge in [-0.1, -0.05) is 91.8 Å². The number of hydrogen-bond donors (Lipinski definition) is 1. The standard InChI is InChI=1S/C34H46N2O12.C34H48N2O10/c1-23(2)25-7-6-8-26(24(3)4)32(25)35-33(38)27-21-29(36(40)41)30(22-28(27)34(35)39)47-19-20-48-31(37)9-10-43-13-14-45-17-18-46-16-15-44-12-11-42-5;1-23(2)25-7-6-8-26(24(3)4)32(25)36-33(38)27-21-29(35)30(22-28(27)34(36)39)45-19-20-46-31(37)9-10-41-13-14-43-17-18-44-16-15-42-12-11-40-5/h6-8,21-24H,9-20H2,1-5H3;6-8,21-24H,9-20,35H2,1-5H3. The zero-order valence-corrected chi connectivity index (χ0v) is 56.0. The average molecular weight is 1320 g/mol. The number of nitro groups is 1. The first-order chi connectivity index (χ1) is 45.2. The molecule has 0 spiro atoms. The summed E-state index contributed by atoms with van der Waals surface area (Å²) in [6.45, 7) is 23.1. The summed E-state index contributed by atoms with van der Waals surface area (Å²) in [7, 11) is 3.23. The van der Waals surface area contributed by atoms with Crippen molar-refractivity contribution in [3.63, 3.8) is 0 Å². The van der Waals surface area contributed by atoms with E-state index < -0.39 is 46.2 Å². The fraction of sp³-hybridized carbons (Fsp3) is 0.559. The molecule has 4 aromatic carbocycles. The molecule has 94 heavy (non-hydrogen) atoms. The number of esters is 2. The number of fused-ring (bicyclic) bond motifs is 2. The third-order valence-electron chi connectivity index (χ3n) is 14.5. The number of anilines is 3. The van der Waals surface area contributed by atoms with E-state index in [4.69, 9.17) is 72.0 Å². The van der Waals surface area contributed by atoms with Crippen LogP contribution in [0.3, 0.4) is 0 Å². The zero-order chi connectivity index (χ0) is 68.5. The van der Waals surface area contributed by atoms with E-state index in [0.717, 1.165) is 33.2 Å². The lowest BCUT2D eigenvalue weighted by Crippen LogP contribution is -2.31. The highest BCUT2D eigenvalue weighted by Gasteiger charge is 2.43. The Morgan fingerprint density at radius 1 is 0.415 bits per heavy atom. The van der Waals surface area contributed by atoms with Crippen LogP contribution < -0.4 is 25.0 Å². The third kappa shape index (κ3) is 23.5. The highest BCUT2D eigenvalue weighted by atomic mass is 16.6. The van der Waals surface area contributed by atoms with Crippen molar-refractivity contribution in [2.45, 2.75) is 91.9 Å². The van der Waals surface area contributed by atoms with Crippen molar-refractivity contribution in [1.29, 1.82) is 0 Å². The predicted molar refractivity (Wildman–Crippen MR) is 348 cm³/mol. The first-order valence-electron chi connectivity index (χ1n) is 31.7. The molecule has 0 bridgehead atoms. The highest BCUT2D eigenvalue weighted by molar-refractivity contribution is 6.36. The summed E-state index contributed by atoms with van der Waals surface area (Å²) in [5, 5.41) is 11.9. The van der Waals surface area contributed by atoms with E-state index in [1.54, 1.807) is 14.2 Å². The number of nitrogens with zero attached hydrogens (tertiary/aromatic N) is 3. The number of nitrogen functional groups attached to an aromatic ring is 1. The summed E-state index contributed by atoms with van der Waals surface area (Å²) >= 11 is 0. The van der Waals surface area contributed by atoms with Crippen molar-refractivity contribution in [2.75, 3.05) is 175 Å². The van der Waals surface area contributed by atoms with Crippen LogP contribution in [0.25, 0.3) is 0 Å². The van der Waals surface area contributed by atoms with Gasteiger partial charge in [-0.2, -0.15) is 0 Å². The number of nitro benzene ring substituents is 1. The van der Waals surface area contributed by atoms with Gasteiger partial charge in [0.25, 0.3) is 23.6 Å². The lowest BCUT2D eigenvalue weighted by atomic mass is 9.92. The van der Waals surface area contributed by atoms with E-state index >= 15 is 0 Å². The summed E-state index contributed by atoms with van der Waals surface area (Å²) in [6.07, 6.45) is 0.0731. The Morgan fingerprint density at radius 2 is 0.702 bits per heavy atom. The average Bonchev–Trinajstić information content (AvgIpc) is 1.59. The number of methoxy groups -OCH3 is 2. The summed E-state index contributed by atoms with van der Waals surface area (Å²) in [6, 6.07) is 16.7. The topological polar surface area (TPSA) is 307 Å². The van der Waals surface area contributed by atoms with Crippen molar-refractivity contribution in [1.82, 2.24) is 0 Å². The Hall–Kier alpha value is -7.50. The van der Waals surface area contributed by atoms with Crippen LogP contribution in [0.1, 0.15) is 156 Å². The molecule has 0 atom stereocenters. The van der Waals surface area contributed by atoms with Gasteiger partial charge in [0, 0.05) is 26.4 Å². The summed E-state index contributed by atoms with van der Waals surface area (Å²) in [5.74, 6) is -2.78. The molecule has 0 aromatic heterocycles. The Kier molecular flexibility index (Phi) is 34.0. The number of nitrogens with two attached hydrogens (primary N) is 1. The van der Waals surface area contributed by atoms with Crippen LogP contribution in [0.15, 0.2) is 60.7 Å². The fourth-order valence-electron chi connectivity index (χ4n) is 9.75. The van der Waals surface area contributed by atoms with Gasteiger partial charge in [-0.3, -0.25) is 38.9 Å². The van der Waals surface area contributed by atoms with Gasteiger partial charge in [0.1, 0.15) is 32.2 Å². The second-order valence-electron chi connectivity index (χ2n) is 22.7. The van der Waals surface area contributed by atoms with E-state index in [1.807, 2.05) is 91.8 Å². The summed E-state index contributed by atoms with van der Waals surface area (Å²) in [5.41, 5.74) is 10.9. The number of carbonyl (C=O) groups is 6. The Morgan fingerprint density at radius 3 is 1.02 bits per heavy atom. The van der Waals surface area contributed by atoms with Crippen molar-refractivity contribution >= 4 is 58.3 Å². The Bertz CT molecular complexity index is 3040. The van der Waals surface area contributed by atoms with Crippen LogP contribution in [0.4, 0.5) is 22.7 Å². The monoisotopic (exact) mass is 1320 g/mol. The molecule has 26 heteroatoms. The lowest BCUT2D eigenvalue weighted by Gasteiger charge is -2.25. The first kappa shape index (κ1) is 77.2. The van der Waals surface area contributed by atoms with Crippen molar-refractivity contribution in [3.8, 4) is 11.5 Å². The smallest absolute Gasteiger partial charge is 0.311 e. The molecule has 0 fully saturated rings. The molecule has 2 N–H and O–H groups in total. The number of rotatable bonds is 45. The predicted octanol–water partition coefficient (Wildman–Crippen LogP) is 9.01. The van der Waals surface area contributed by atoms with Crippen LogP contribution in [0, 0.1) is 10.1 Å². The zero-order valence-electron chi connectivity index (χ0n) is 56.0. The number of hydrogen-bond acceptors (Lipinski definition) is 23. The summed E-state index contributed by atoms with van der Waals surface area (Å²) < 4.78 is 74.4. The van der Waals surface area contributed by atoms with Gasteiger partial charge < -0.3 is 72.0 Å². The Labute approximate surface area is 550 Å².